The van der Waals surface area contributed by atoms with Crippen molar-refractivity contribution in [3.8, 4) is 11.5 Å². The molecule has 3 N–H and O–H groups in total. The van der Waals surface area contributed by atoms with Gasteiger partial charge in [0.05, 0.1) is 11.0 Å². The topological polar surface area (TPSA) is 47.3 Å². The Morgan fingerprint density at radius 1 is 1.00 bits per heavy atom. The molecule has 0 amide bonds. The van der Waals surface area contributed by atoms with E-state index in [4.69, 9.17) is 22.7 Å². The molecule has 0 spiro atoms. The van der Waals surface area contributed by atoms with Crippen LogP contribution in [0.15, 0.2) is 54.6 Å². The number of nitrogens with two attached hydrogens (primary N) is 1. The third-order valence-electron chi connectivity index (χ3n) is 5.32. The van der Waals surface area contributed by atoms with Gasteiger partial charge in [0, 0.05) is 6.54 Å². The molecule has 0 saturated heterocycles. The van der Waals surface area contributed by atoms with Gasteiger partial charge in [0.2, 0.25) is 0 Å². The first kappa shape index (κ1) is 19.8. The fourth-order valence-electron chi connectivity index (χ4n) is 3.64. The highest BCUT2D eigenvalue weighted by molar-refractivity contribution is 7.80. The van der Waals surface area contributed by atoms with Crippen LogP contribution in [0, 0.1) is 5.92 Å². The average molecular weight is 383 g/mol. The monoisotopic (exact) mass is 382 g/mol. The van der Waals surface area contributed by atoms with Crippen molar-refractivity contribution in [3.63, 3.8) is 0 Å². The molecule has 3 nitrogen and oxygen atoms in total. The van der Waals surface area contributed by atoms with Gasteiger partial charge in [0.25, 0.3) is 0 Å². The number of para-hydroxylation sites is 1. The Hall–Kier alpha value is -1.91. The second-order valence-corrected chi connectivity index (χ2v) is 7.90. The molecule has 1 aliphatic carbocycles. The molecule has 2 aromatic rings. The Morgan fingerprint density at radius 3 is 2.37 bits per heavy atom. The standard InChI is InChI=1S/C23H30N2OS/c24-22(16-13-18-7-3-1-4-8-18)23(27)25-17-19-11-14-21(15-12-19)26-20-9-5-2-6-10-20/h2,5-6,9-12,14-15,18,22H,1,3-4,7-8,13,16-17,24H2,(H,25,27)/t22-/m1/s1. The second kappa shape index (κ2) is 10.4. The van der Waals surface area contributed by atoms with Crippen LogP contribution in [-0.4, -0.2) is 11.0 Å². The summed E-state index contributed by atoms with van der Waals surface area (Å²) < 4.78 is 5.82. The Morgan fingerprint density at radius 2 is 1.67 bits per heavy atom. The summed E-state index contributed by atoms with van der Waals surface area (Å²) in [5, 5.41) is 3.32. The average Bonchev–Trinajstić information content (AvgIpc) is 2.73. The third-order valence-corrected chi connectivity index (χ3v) is 5.76. The van der Waals surface area contributed by atoms with Crippen LogP contribution in [0.25, 0.3) is 0 Å². The van der Waals surface area contributed by atoms with Gasteiger partial charge in [-0.3, -0.25) is 0 Å². The molecule has 1 saturated carbocycles. The summed E-state index contributed by atoms with van der Waals surface area (Å²) in [5.41, 5.74) is 7.45. The van der Waals surface area contributed by atoms with Crippen LogP contribution in [0.1, 0.15) is 50.5 Å². The predicted molar refractivity (Wildman–Crippen MR) is 116 cm³/mol. The highest BCUT2D eigenvalue weighted by Gasteiger charge is 2.16. The fourth-order valence-corrected chi connectivity index (χ4v) is 3.83. The molecule has 27 heavy (non-hydrogen) atoms. The van der Waals surface area contributed by atoms with E-state index in [-0.39, 0.29) is 6.04 Å². The molecule has 1 fully saturated rings. The lowest BCUT2D eigenvalue weighted by Crippen LogP contribution is -2.39. The maximum Gasteiger partial charge on any atom is 0.127 e. The third kappa shape index (κ3) is 6.64. The van der Waals surface area contributed by atoms with Crippen molar-refractivity contribution >= 4 is 17.2 Å². The molecule has 1 aliphatic rings. The molecule has 4 heteroatoms. The SMILES string of the molecule is N[C@H](CCC1CCCCC1)C(=S)NCc1ccc(Oc2ccccc2)cc1. The first-order valence-corrected chi connectivity index (χ1v) is 10.5. The minimum atomic E-state index is -0.0392. The quantitative estimate of drug-likeness (QED) is 0.585. The summed E-state index contributed by atoms with van der Waals surface area (Å²) in [5.74, 6) is 2.52. The highest BCUT2D eigenvalue weighted by Crippen LogP contribution is 2.27. The molecular formula is C23H30N2OS. The first-order valence-electron chi connectivity index (χ1n) is 10.1. The van der Waals surface area contributed by atoms with E-state index < -0.39 is 0 Å². The van der Waals surface area contributed by atoms with Crippen molar-refractivity contribution < 1.29 is 4.74 Å². The van der Waals surface area contributed by atoms with Crippen molar-refractivity contribution in [1.82, 2.24) is 5.32 Å². The van der Waals surface area contributed by atoms with E-state index in [1.165, 1.54) is 38.5 Å². The fraction of sp³-hybridized carbons (Fsp3) is 0.435. The van der Waals surface area contributed by atoms with E-state index in [1.54, 1.807) is 0 Å². The maximum atomic E-state index is 6.28. The minimum Gasteiger partial charge on any atom is -0.457 e. The number of thiocarbonyl (C=S) groups is 1. The van der Waals surface area contributed by atoms with Gasteiger partial charge in [-0.15, -0.1) is 0 Å². The number of ether oxygens (including phenoxy) is 1. The predicted octanol–water partition coefficient (Wildman–Crippen LogP) is 5.58. The van der Waals surface area contributed by atoms with Crippen molar-refractivity contribution in [2.75, 3.05) is 0 Å². The number of benzene rings is 2. The summed E-state index contributed by atoms with van der Waals surface area (Å²) in [6.07, 6.45) is 9.08. The van der Waals surface area contributed by atoms with Crippen LogP contribution in [-0.2, 0) is 6.54 Å². The second-order valence-electron chi connectivity index (χ2n) is 7.46. The Labute approximate surface area is 168 Å². The molecule has 3 rings (SSSR count). The molecule has 0 aliphatic heterocycles. The molecular weight excluding hydrogens is 352 g/mol. The van der Waals surface area contributed by atoms with Gasteiger partial charge in [-0.1, -0.05) is 74.7 Å². The van der Waals surface area contributed by atoms with E-state index in [0.29, 0.717) is 6.54 Å². The lowest BCUT2D eigenvalue weighted by molar-refractivity contribution is 0.330. The molecule has 2 aromatic carbocycles. The van der Waals surface area contributed by atoms with Crippen LogP contribution in [0.2, 0.25) is 0 Å². The molecule has 0 unspecified atom stereocenters. The van der Waals surface area contributed by atoms with Crippen LogP contribution >= 0.6 is 12.2 Å². The molecule has 1 atom stereocenters. The van der Waals surface area contributed by atoms with E-state index >= 15 is 0 Å². The number of hydrogen-bond acceptors (Lipinski definition) is 3. The first-order chi connectivity index (χ1) is 13.2. The Bertz CT molecular complexity index is 696. The van der Waals surface area contributed by atoms with Gasteiger partial charge < -0.3 is 15.8 Å². The summed E-state index contributed by atoms with van der Waals surface area (Å²) in [7, 11) is 0. The van der Waals surface area contributed by atoms with E-state index in [1.807, 2.05) is 42.5 Å². The van der Waals surface area contributed by atoms with E-state index in [2.05, 4.69) is 17.4 Å². The van der Waals surface area contributed by atoms with Gasteiger partial charge in [-0.2, -0.15) is 0 Å². The lowest BCUT2D eigenvalue weighted by atomic mass is 9.85. The van der Waals surface area contributed by atoms with E-state index in [0.717, 1.165) is 34.4 Å². The zero-order valence-electron chi connectivity index (χ0n) is 15.9. The molecule has 0 aromatic heterocycles. The van der Waals surface area contributed by atoms with Crippen molar-refractivity contribution in [2.24, 2.45) is 11.7 Å². The number of nitrogens with one attached hydrogen (secondary N) is 1. The molecule has 144 valence electrons. The molecule has 0 radical (unpaired) electrons. The van der Waals surface area contributed by atoms with Gasteiger partial charge in [0.1, 0.15) is 11.5 Å². The number of rotatable bonds is 8. The Kier molecular flexibility index (Phi) is 7.66. The summed E-state index contributed by atoms with van der Waals surface area (Å²) in [6.45, 7) is 0.696. The highest BCUT2D eigenvalue weighted by atomic mass is 32.1. The minimum absolute atomic E-state index is 0.0392. The normalized spacial score (nSPS) is 15.9. The van der Waals surface area contributed by atoms with Crippen molar-refractivity contribution in [1.29, 1.82) is 0 Å². The van der Waals surface area contributed by atoms with E-state index in [9.17, 15) is 0 Å². The van der Waals surface area contributed by atoms with Crippen LogP contribution < -0.4 is 15.8 Å². The van der Waals surface area contributed by atoms with Crippen LogP contribution in [0.5, 0.6) is 11.5 Å². The summed E-state index contributed by atoms with van der Waals surface area (Å²) in [4.78, 5) is 0.774. The summed E-state index contributed by atoms with van der Waals surface area (Å²) in [6, 6.07) is 17.8. The van der Waals surface area contributed by atoms with Gasteiger partial charge in [-0.05, 0) is 48.6 Å². The van der Waals surface area contributed by atoms with Crippen molar-refractivity contribution in [2.45, 2.75) is 57.5 Å². The van der Waals surface area contributed by atoms with Gasteiger partial charge >= 0.3 is 0 Å². The van der Waals surface area contributed by atoms with Crippen LogP contribution in [0.4, 0.5) is 0 Å². The van der Waals surface area contributed by atoms with Crippen molar-refractivity contribution in [3.05, 3.63) is 60.2 Å². The lowest BCUT2D eigenvalue weighted by Gasteiger charge is -2.23. The number of hydrogen-bond donors (Lipinski definition) is 2. The zero-order valence-corrected chi connectivity index (χ0v) is 16.7. The van der Waals surface area contributed by atoms with Gasteiger partial charge in [-0.25, -0.2) is 0 Å². The Balaban J connectivity index is 1.40. The largest absolute Gasteiger partial charge is 0.457 e. The molecule has 0 heterocycles. The molecule has 0 bridgehead atoms. The van der Waals surface area contributed by atoms with Gasteiger partial charge in [0.15, 0.2) is 0 Å². The smallest absolute Gasteiger partial charge is 0.127 e. The zero-order chi connectivity index (χ0) is 18.9. The maximum absolute atomic E-state index is 6.28. The van der Waals surface area contributed by atoms with Crippen LogP contribution in [0.3, 0.4) is 0 Å². The summed E-state index contributed by atoms with van der Waals surface area (Å²) >= 11 is 5.49.